The molecule has 1 aliphatic heterocycles. The number of carboxylic acids is 1. The van der Waals surface area contributed by atoms with Crippen molar-refractivity contribution in [3.8, 4) is 0 Å². The Morgan fingerprint density at radius 2 is 2.42 bits per heavy atom. The van der Waals surface area contributed by atoms with Crippen molar-refractivity contribution < 1.29 is 14.6 Å². The van der Waals surface area contributed by atoms with Gasteiger partial charge in [-0.1, -0.05) is 0 Å². The molecule has 1 aliphatic rings. The highest BCUT2D eigenvalue weighted by atomic mass is 16.5. The predicted molar refractivity (Wildman–Crippen MR) is 45.0 cm³/mol. The zero-order chi connectivity index (χ0) is 8.97. The van der Waals surface area contributed by atoms with Gasteiger partial charge in [0.15, 0.2) is 0 Å². The first-order chi connectivity index (χ1) is 5.70. The van der Waals surface area contributed by atoms with Crippen molar-refractivity contribution in [2.24, 2.45) is 5.92 Å². The molecule has 0 spiro atoms. The zero-order valence-electron chi connectivity index (χ0n) is 7.45. The second kappa shape index (κ2) is 4.45. The van der Waals surface area contributed by atoms with E-state index in [0.29, 0.717) is 5.92 Å². The van der Waals surface area contributed by atoms with Crippen LogP contribution >= 0.6 is 0 Å². The van der Waals surface area contributed by atoms with Crippen molar-refractivity contribution in [1.82, 2.24) is 0 Å². The van der Waals surface area contributed by atoms with Crippen LogP contribution in [0.5, 0.6) is 0 Å². The largest absolute Gasteiger partial charge is 0.481 e. The summed E-state index contributed by atoms with van der Waals surface area (Å²) in [4.78, 5) is 10.3. The minimum atomic E-state index is -0.701. The third-order valence-corrected chi connectivity index (χ3v) is 2.49. The number of hydrogen-bond acceptors (Lipinski definition) is 2. The summed E-state index contributed by atoms with van der Waals surface area (Å²) in [5, 5.41) is 8.49. The van der Waals surface area contributed by atoms with Crippen LogP contribution in [0.25, 0.3) is 0 Å². The van der Waals surface area contributed by atoms with Crippen molar-refractivity contribution in [3.05, 3.63) is 0 Å². The van der Waals surface area contributed by atoms with Crippen molar-refractivity contribution in [2.45, 2.75) is 38.7 Å². The van der Waals surface area contributed by atoms with Crippen molar-refractivity contribution in [2.75, 3.05) is 6.61 Å². The smallest absolute Gasteiger partial charge is 0.303 e. The van der Waals surface area contributed by atoms with Gasteiger partial charge in [-0.15, -0.1) is 0 Å². The fourth-order valence-electron chi connectivity index (χ4n) is 1.67. The maximum atomic E-state index is 10.3. The maximum Gasteiger partial charge on any atom is 0.303 e. The molecule has 1 saturated heterocycles. The normalized spacial score (nSPS) is 30.1. The molecule has 1 fully saturated rings. The molecule has 2 atom stereocenters. The highest BCUT2D eigenvalue weighted by molar-refractivity contribution is 5.66. The van der Waals surface area contributed by atoms with E-state index >= 15 is 0 Å². The third kappa shape index (κ3) is 2.81. The summed E-state index contributed by atoms with van der Waals surface area (Å²) in [7, 11) is 0. The summed E-state index contributed by atoms with van der Waals surface area (Å²) in [6, 6.07) is 0. The quantitative estimate of drug-likeness (QED) is 0.704. The Morgan fingerprint density at radius 3 is 3.00 bits per heavy atom. The van der Waals surface area contributed by atoms with Gasteiger partial charge in [-0.3, -0.25) is 4.79 Å². The molecule has 0 saturated carbocycles. The fourth-order valence-corrected chi connectivity index (χ4v) is 1.67. The minimum Gasteiger partial charge on any atom is -0.481 e. The molecule has 12 heavy (non-hydrogen) atoms. The van der Waals surface area contributed by atoms with Crippen LogP contribution in [-0.4, -0.2) is 23.8 Å². The predicted octanol–water partition coefficient (Wildman–Crippen LogP) is 1.67. The van der Waals surface area contributed by atoms with E-state index in [4.69, 9.17) is 9.84 Å². The number of hydrogen-bond donors (Lipinski definition) is 1. The summed E-state index contributed by atoms with van der Waals surface area (Å²) in [5.74, 6) is -0.248. The summed E-state index contributed by atoms with van der Waals surface area (Å²) in [5.41, 5.74) is 0. The number of rotatable bonds is 3. The highest BCUT2D eigenvalue weighted by Crippen LogP contribution is 2.24. The van der Waals surface area contributed by atoms with Gasteiger partial charge in [0.05, 0.1) is 6.10 Å². The number of carboxylic acid groups (broad SMARTS) is 1. The average Bonchev–Trinajstić information content (AvgIpc) is 2.03. The first-order valence-corrected chi connectivity index (χ1v) is 4.53. The fraction of sp³-hybridized carbons (Fsp3) is 0.889. The standard InChI is InChI=1S/C9H16O3/c1-7-8(3-2-6-12-7)4-5-9(10)11/h7-8H,2-6H2,1H3,(H,10,11)/t7-,8-/m0/s1. The molecule has 0 aliphatic carbocycles. The van der Waals surface area contributed by atoms with Crippen LogP contribution < -0.4 is 0 Å². The van der Waals surface area contributed by atoms with Gasteiger partial charge in [0.25, 0.3) is 0 Å². The van der Waals surface area contributed by atoms with Crippen molar-refractivity contribution in [1.29, 1.82) is 0 Å². The van der Waals surface area contributed by atoms with E-state index in [0.717, 1.165) is 25.9 Å². The van der Waals surface area contributed by atoms with Crippen LogP contribution in [0.1, 0.15) is 32.6 Å². The molecule has 0 radical (unpaired) electrons. The molecule has 0 aromatic carbocycles. The van der Waals surface area contributed by atoms with Crippen LogP contribution in [0.15, 0.2) is 0 Å². The third-order valence-electron chi connectivity index (χ3n) is 2.49. The monoisotopic (exact) mass is 172 g/mol. The lowest BCUT2D eigenvalue weighted by Crippen LogP contribution is -2.27. The summed E-state index contributed by atoms with van der Waals surface area (Å²) >= 11 is 0. The van der Waals surface area contributed by atoms with Crippen LogP contribution in [-0.2, 0) is 9.53 Å². The SMILES string of the molecule is C[C@@H]1OCCC[C@H]1CCC(=O)O. The molecule has 70 valence electrons. The molecule has 0 amide bonds. The maximum absolute atomic E-state index is 10.3. The molecule has 1 heterocycles. The molecule has 3 heteroatoms. The van der Waals surface area contributed by atoms with Gasteiger partial charge in [0.2, 0.25) is 0 Å². The van der Waals surface area contributed by atoms with Crippen LogP contribution in [0.3, 0.4) is 0 Å². The minimum absolute atomic E-state index is 0.248. The Hall–Kier alpha value is -0.570. The topological polar surface area (TPSA) is 46.5 Å². The van der Waals surface area contributed by atoms with Gasteiger partial charge in [-0.05, 0) is 32.1 Å². The second-order valence-corrected chi connectivity index (χ2v) is 3.41. The van der Waals surface area contributed by atoms with E-state index in [-0.39, 0.29) is 12.5 Å². The van der Waals surface area contributed by atoms with E-state index in [1.54, 1.807) is 0 Å². The highest BCUT2D eigenvalue weighted by Gasteiger charge is 2.22. The zero-order valence-corrected chi connectivity index (χ0v) is 7.45. The molecule has 1 N–H and O–H groups in total. The number of ether oxygens (including phenoxy) is 1. The second-order valence-electron chi connectivity index (χ2n) is 3.41. The molecule has 3 nitrogen and oxygen atoms in total. The summed E-state index contributed by atoms with van der Waals surface area (Å²) in [6.07, 6.45) is 3.48. The Balaban J connectivity index is 2.24. The van der Waals surface area contributed by atoms with Gasteiger partial charge in [0, 0.05) is 13.0 Å². The molecule has 0 aromatic rings. The van der Waals surface area contributed by atoms with Crippen molar-refractivity contribution >= 4 is 5.97 Å². The van der Waals surface area contributed by atoms with Gasteiger partial charge < -0.3 is 9.84 Å². The lowest BCUT2D eigenvalue weighted by atomic mass is 9.91. The Morgan fingerprint density at radius 1 is 1.67 bits per heavy atom. The van der Waals surface area contributed by atoms with Gasteiger partial charge >= 0.3 is 5.97 Å². The average molecular weight is 172 g/mol. The molecule has 0 unspecified atom stereocenters. The van der Waals surface area contributed by atoms with Gasteiger partial charge in [-0.2, -0.15) is 0 Å². The van der Waals surface area contributed by atoms with Crippen LogP contribution in [0.2, 0.25) is 0 Å². The number of carbonyl (C=O) groups is 1. The molecule has 0 bridgehead atoms. The van der Waals surface area contributed by atoms with E-state index in [9.17, 15) is 4.79 Å². The Bertz CT molecular complexity index is 156. The summed E-state index contributed by atoms with van der Waals surface area (Å²) < 4.78 is 5.43. The lowest BCUT2D eigenvalue weighted by Gasteiger charge is -2.28. The first kappa shape index (κ1) is 9.52. The van der Waals surface area contributed by atoms with E-state index in [1.807, 2.05) is 6.92 Å². The lowest BCUT2D eigenvalue weighted by molar-refractivity contribution is -0.137. The Kier molecular flexibility index (Phi) is 3.53. The molecule has 1 rings (SSSR count). The molecule has 0 aromatic heterocycles. The number of aliphatic carboxylic acids is 1. The molecular weight excluding hydrogens is 156 g/mol. The van der Waals surface area contributed by atoms with E-state index in [1.165, 1.54) is 0 Å². The van der Waals surface area contributed by atoms with Gasteiger partial charge in [-0.25, -0.2) is 0 Å². The first-order valence-electron chi connectivity index (χ1n) is 4.53. The Labute approximate surface area is 72.7 Å². The molecular formula is C9H16O3. The van der Waals surface area contributed by atoms with E-state index in [2.05, 4.69) is 0 Å². The van der Waals surface area contributed by atoms with Crippen LogP contribution in [0.4, 0.5) is 0 Å². The van der Waals surface area contributed by atoms with Crippen molar-refractivity contribution in [3.63, 3.8) is 0 Å². The van der Waals surface area contributed by atoms with Crippen LogP contribution in [0, 0.1) is 5.92 Å². The van der Waals surface area contributed by atoms with Gasteiger partial charge in [0.1, 0.15) is 0 Å². The summed E-state index contributed by atoms with van der Waals surface area (Å²) in [6.45, 7) is 2.87. The van der Waals surface area contributed by atoms with E-state index < -0.39 is 5.97 Å².